The monoisotopic (exact) mass is 654 g/mol. The van der Waals surface area contributed by atoms with Crippen LogP contribution >= 0.6 is 0 Å². The average Bonchev–Trinajstić information content (AvgIpc) is 3.61. The van der Waals surface area contributed by atoms with Crippen molar-refractivity contribution in [3.63, 3.8) is 0 Å². The largest absolute Gasteiger partial charge is 0.369 e. The van der Waals surface area contributed by atoms with Gasteiger partial charge in [-0.15, -0.1) is 0 Å². The van der Waals surface area contributed by atoms with Crippen LogP contribution in [0.25, 0.3) is 11.1 Å². The molecular formula is C42H46N4O3. The standard InChI is InChI=1S/C42H46N4O3/c1-3-12-34(39(43)47)36(26-29-13-7-8-14-29)41(48)45-40-42(49)46(27-30-15-11-18-33(25-30)31-23-21-28(2)22-24-31)37-20-10-9-19-35(37)38(44-40)32-16-5-4-6-17-32/h4-6,9-11,15-25,29,34,36,40H,3,7-8,12-14,26-27H2,1-2H3,(H2,43,47)(H,45,48)/t34?,36-,40+/m0/s1. The molecule has 1 heterocycles. The van der Waals surface area contributed by atoms with Gasteiger partial charge in [0, 0.05) is 23.0 Å². The number of nitrogens with one attached hydrogen (secondary N) is 1. The Morgan fingerprint density at radius 1 is 0.857 bits per heavy atom. The molecule has 2 aliphatic rings. The molecule has 6 rings (SSSR count). The minimum atomic E-state index is -1.20. The molecule has 3 atom stereocenters. The first-order valence-corrected chi connectivity index (χ1v) is 17.6. The zero-order chi connectivity index (χ0) is 34.3. The minimum absolute atomic E-state index is 0.282. The summed E-state index contributed by atoms with van der Waals surface area (Å²) in [5, 5.41) is 3.04. The first kappa shape index (κ1) is 33.8. The van der Waals surface area contributed by atoms with Crippen LogP contribution in [0.3, 0.4) is 0 Å². The van der Waals surface area contributed by atoms with Gasteiger partial charge in [-0.05, 0) is 54.5 Å². The smallest absolute Gasteiger partial charge is 0.272 e. The number of para-hydroxylation sites is 1. The lowest BCUT2D eigenvalue weighted by Crippen LogP contribution is -2.50. The summed E-state index contributed by atoms with van der Waals surface area (Å²) in [7, 11) is 0. The SMILES string of the molecule is CCCC(C(N)=O)[C@H](CC1CCCC1)C(=O)N[C@H]1N=C(c2ccccc2)c2ccccc2N(Cc2cccc(-c3ccc(C)cc3)c2)C1=O. The van der Waals surface area contributed by atoms with Gasteiger partial charge in [-0.25, -0.2) is 4.99 Å². The molecule has 0 aromatic heterocycles. The molecule has 7 nitrogen and oxygen atoms in total. The molecule has 4 aromatic rings. The first-order chi connectivity index (χ1) is 23.8. The van der Waals surface area contributed by atoms with Gasteiger partial charge in [-0.3, -0.25) is 14.4 Å². The van der Waals surface area contributed by atoms with Crippen molar-refractivity contribution in [1.29, 1.82) is 0 Å². The Bertz CT molecular complexity index is 1810. The maximum Gasteiger partial charge on any atom is 0.272 e. The second kappa shape index (κ2) is 15.5. The fourth-order valence-electron chi connectivity index (χ4n) is 7.44. The van der Waals surface area contributed by atoms with Crippen molar-refractivity contribution in [2.24, 2.45) is 28.5 Å². The average molecular weight is 655 g/mol. The fraction of sp³-hybridized carbons (Fsp3) is 0.333. The summed E-state index contributed by atoms with van der Waals surface area (Å²) in [4.78, 5) is 48.5. The maximum atomic E-state index is 14.7. The summed E-state index contributed by atoms with van der Waals surface area (Å²) in [6.45, 7) is 4.35. The lowest BCUT2D eigenvalue weighted by atomic mass is 9.80. The van der Waals surface area contributed by atoms with Gasteiger partial charge in [0.1, 0.15) is 0 Å². The number of rotatable bonds is 12. The quantitative estimate of drug-likeness (QED) is 0.165. The van der Waals surface area contributed by atoms with Crippen LogP contribution in [0.15, 0.2) is 108 Å². The molecule has 252 valence electrons. The molecule has 1 aliphatic carbocycles. The van der Waals surface area contributed by atoms with Gasteiger partial charge < -0.3 is 16.0 Å². The number of aryl methyl sites for hydroxylation is 1. The topological polar surface area (TPSA) is 105 Å². The number of primary amides is 1. The molecule has 4 aromatic carbocycles. The van der Waals surface area contributed by atoms with Crippen LogP contribution in [0, 0.1) is 24.7 Å². The van der Waals surface area contributed by atoms with Crippen LogP contribution in [-0.4, -0.2) is 29.6 Å². The van der Waals surface area contributed by atoms with E-state index in [1.54, 1.807) is 4.90 Å². The number of amides is 3. The number of benzene rings is 4. The highest BCUT2D eigenvalue weighted by atomic mass is 16.2. The van der Waals surface area contributed by atoms with E-state index < -0.39 is 23.9 Å². The van der Waals surface area contributed by atoms with Crippen molar-refractivity contribution in [3.05, 3.63) is 125 Å². The molecule has 49 heavy (non-hydrogen) atoms. The molecule has 1 fully saturated rings. The van der Waals surface area contributed by atoms with E-state index in [0.29, 0.717) is 24.5 Å². The third-order valence-electron chi connectivity index (χ3n) is 10.0. The number of aliphatic imine (C=N–C) groups is 1. The lowest BCUT2D eigenvalue weighted by molar-refractivity contribution is -0.136. The highest BCUT2D eigenvalue weighted by Crippen LogP contribution is 2.35. The van der Waals surface area contributed by atoms with E-state index in [-0.39, 0.29) is 18.4 Å². The van der Waals surface area contributed by atoms with Crippen molar-refractivity contribution in [2.45, 2.75) is 71.5 Å². The third kappa shape index (κ3) is 7.83. The van der Waals surface area contributed by atoms with Crippen LogP contribution in [0.5, 0.6) is 0 Å². The van der Waals surface area contributed by atoms with E-state index in [0.717, 1.165) is 65.6 Å². The Morgan fingerprint density at radius 2 is 1.55 bits per heavy atom. The second-order valence-corrected chi connectivity index (χ2v) is 13.6. The van der Waals surface area contributed by atoms with E-state index in [4.69, 9.17) is 10.7 Å². The van der Waals surface area contributed by atoms with Crippen molar-refractivity contribution >= 4 is 29.1 Å². The molecule has 1 unspecified atom stereocenters. The molecule has 7 heteroatoms. The van der Waals surface area contributed by atoms with Crippen LogP contribution in [0.1, 0.15) is 74.1 Å². The van der Waals surface area contributed by atoms with Crippen molar-refractivity contribution in [1.82, 2.24) is 5.32 Å². The highest BCUT2D eigenvalue weighted by molar-refractivity contribution is 6.20. The molecule has 0 saturated heterocycles. The van der Waals surface area contributed by atoms with Gasteiger partial charge >= 0.3 is 0 Å². The number of carbonyl (C=O) groups is 3. The van der Waals surface area contributed by atoms with E-state index in [1.165, 1.54) is 5.56 Å². The Kier molecular flexibility index (Phi) is 10.7. The van der Waals surface area contributed by atoms with Gasteiger partial charge in [0.25, 0.3) is 5.91 Å². The summed E-state index contributed by atoms with van der Waals surface area (Å²) >= 11 is 0. The minimum Gasteiger partial charge on any atom is -0.369 e. The van der Waals surface area contributed by atoms with E-state index in [2.05, 4.69) is 48.6 Å². The molecule has 3 amide bonds. The second-order valence-electron chi connectivity index (χ2n) is 13.6. The number of nitrogens with two attached hydrogens (primary N) is 1. The fourth-order valence-corrected chi connectivity index (χ4v) is 7.44. The summed E-state index contributed by atoms with van der Waals surface area (Å²) in [6.07, 6.45) is 4.94. The van der Waals surface area contributed by atoms with E-state index >= 15 is 0 Å². The number of hydrogen-bond acceptors (Lipinski definition) is 4. The molecule has 3 N–H and O–H groups in total. The molecular weight excluding hydrogens is 608 g/mol. The predicted molar refractivity (Wildman–Crippen MR) is 196 cm³/mol. The normalized spacial score (nSPS) is 17.5. The third-order valence-corrected chi connectivity index (χ3v) is 10.0. The number of carbonyl (C=O) groups excluding carboxylic acids is 3. The molecule has 0 radical (unpaired) electrons. The Balaban J connectivity index is 1.39. The summed E-state index contributed by atoms with van der Waals surface area (Å²) in [6, 6.07) is 34.1. The Hall–Kier alpha value is -5.04. The van der Waals surface area contributed by atoms with Gasteiger partial charge in [0.2, 0.25) is 18.0 Å². The molecule has 0 bridgehead atoms. The van der Waals surface area contributed by atoms with E-state index in [9.17, 15) is 14.4 Å². The maximum absolute atomic E-state index is 14.7. The highest BCUT2D eigenvalue weighted by Gasteiger charge is 2.38. The molecule has 0 spiro atoms. The Morgan fingerprint density at radius 3 is 2.27 bits per heavy atom. The number of benzodiazepines with no additional fused rings is 1. The summed E-state index contributed by atoms with van der Waals surface area (Å²) < 4.78 is 0. The number of nitrogens with zero attached hydrogens (tertiary/aromatic N) is 2. The van der Waals surface area contributed by atoms with Crippen LogP contribution < -0.4 is 16.0 Å². The van der Waals surface area contributed by atoms with Crippen LogP contribution in [0.4, 0.5) is 5.69 Å². The molecule has 1 saturated carbocycles. The van der Waals surface area contributed by atoms with Crippen LogP contribution in [0.2, 0.25) is 0 Å². The van der Waals surface area contributed by atoms with E-state index in [1.807, 2.05) is 73.7 Å². The molecule has 1 aliphatic heterocycles. The first-order valence-electron chi connectivity index (χ1n) is 17.6. The number of anilines is 1. The van der Waals surface area contributed by atoms with Gasteiger partial charge in [0.05, 0.1) is 17.9 Å². The van der Waals surface area contributed by atoms with Gasteiger partial charge in [-0.1, -0.05) is 136 Å². The van der Waals surface area contributed by atoms with Gasteiger partial charge in [0.15, 0.2) is 0 Å². The number of fused-ring (bicyclic) bond motifs is 1. The van der Waals surface area contributed by atoms with Gasteiger partial charge in [-0.2, -0.15) is 0 Å². The Labute approximate surface area is 289 Å². The summed E-state index contributed by atoms with van der Waals surface area (Å²) in [5.41, 5.74) is 13.2. The van der Waals surface area contributed by atoms with Crippen molar-refractivity contribution in [2.75, 3.05) is 4.90 Å². The van der Waals surface area contributed by atoms with Crippen LogP contribution in [-0.2, 0) is 20.9 Å². The van der Waals surface area contributed by atoms with Crippen molar-refractivity contribution < 1.29 is 14.4 Å². The predicted octanol–water partition coefficient (Wildman–Crippen LogP) is 7.59. The van der Waals surface area contributed by atoms with Crippen molar-refractivity contribution in [3.8, 4) is 11.1 Å². The summed E-state index contributed by atoms with van der Waals surface area (Å²) in [5.74, 6) is -2.03. The number of hydrogen-bond donors (Lipinski definition) is 2. The zero-order valence-electron chi connectivity index (χ0n) is 28.5. The zero-order valence-corrected chi connectivity index (χ0v) is 28.5. The lowest BCUT2D eigenvalue weighted by Gasteiger charge is -2.29.